The summed E-state index contributed by atoms with van der Waals surface area (Å²) in [4.78, 5) is 24.0. The van der Waals surface area contributed by atoms with Gasteiger partial charge in [0.05, 0.1) is 25.4 Å². The molecule has 0 saturated heterocycles. The highest BCUT2D eigenvalue weighted by molar-refractivity contribution is 6.30. The summed E-state index contributed by atoms with van der Waals surface area (Å²) in [6.07, 6.45) is 2.13. The van der Waals surface area contributed by atoms with E-state index in [0.717, 1.165) is 16.7 Å². The first kappa shape index (κ1) is 18.3. The molecule has 1 aliphatic rings. The van der Waals surface area contributed by atoms with Gasteiger partial charge in [0.2, 0.25) is 5.91 Å². The van der Waals surface area contributed by atoms with Crippen LogP contribution in [-0.4, -0.2) is 28.8 Å². The zero-order chi connectivity index (χ0) is 19.7. The van der Waals surface area contributed by atoms with Gasteiger partial charge in [0.15, 0.2) is 0 Å². The molecule has 142 valence electrons. The number of benzene rings is 2. The molecule has 6 nitrogen and oxygen atoms in total. The molecule has 2 heterocycles. The van der Waals surface area contributed by atoms with Gasteiger partial charge in [0, 0.05) is 22.9 Å². The SMILES string of the molecule is COC(=O)c1ccc([C@H]2CC(=O)Nc3c2cnn3Cc2ccc(Cl)cc2)cc1. The summed E-state index contributed by atoms with van der Waals surface area (Å²) in [6.45, 7) is 0.529. The average molecular weight is 396 g/mol. The molecule has 0 unspecified atom stereocenters. The second kappa shape index (κ2) is 7.48. The van der Waals surface area contributed by atoms with Crippen molar-refractivity contribution in [3.8, 4) is 0 Å². The topological polar surface area (TPSA) is 73.2 Å². The van der Waals surface area contributed by atoms with Crippen molar-refractivity contribution in [2.75, 3.05) is 12.4 Å². The summed E-state index contributed by atoms with van der Waals surface area (Å²) in [6, 6.07) is 14.7. The van der Waals surface area contributed by atoms with E-state index in [1.165, 1.54) is 7.11 Å². The van der Waals surface area contributed by atoms with Crippen LogP contribution in [-0.2, 0) is 16.1 Å². The summed E-state index contributed by atoms with van der Waals surface area (Å²) >= 11 is 5.95. The smallest absolute Gasteiger partial charge is 0.337 e. The third-order valence-corrected chi connectivity index (χ3v) is 5.12. The first-order valence-corrected chi connectivity index (χ1v) is 9.21. The molecule has 28 heavy (non-hydrogen) atoms. The number of anilines is 1. The fourth-order valence-electron chi connectivity index (χ4n) is 3.42. The number of hydrogen-bond donors (Lipinski definition) is 1. The number of nitrogens with zero attached hydrogens (tertiary/aromatic N) is 2. The first-order valence-electron chi connectivity index (χ1n) is 8.83. The number of ether oxygens (including phenoxy) is 1. The average Bonchev–Trinajstić information content (AvgIpc) is 3.11. The zero-order valence-corrected chi connectivity index (χ0v) is 15.9. The van der Waals surface area contributed by atoms with Crippen molar-refractivity contribution in [3.63, 3.8) is 0 Å². The Kier molecular flexibility index (Phi) is 4.88. The molecule has 1 amide bonds. The molecular weight excluding hydrogens is 378 g/mol. The van der Waals surface area contributed by atoms with Crippen LogP contribution in [0.5, 0.6) is 0 Å². The second-order valence-corrected chi connectivity index (χ2v) is 7.09. The maximum atomic E-state index is 12.3. The summed E-state index contributed by atoms with van der Waals surface area (Å²) < 4.78 is 6.52. The number of amides is 1. The Morgan fingerprint density at radius 1 is 1.21 bits per heavy atom. The van der Waals surface area contributed by atoms with E-state index in [4.69, 9.17) is 16.3 Å². The molecule has 3 aromatic rings. The van der Waals surface area contributed by atoms with E-state index in [9.17, 15) is 9.59 Å². The predicted molar refractivity (Wildman–Crippen MR) is 106 cm³/mol. The van der Waals surface area contributed by atoms with Crippen LogP contribution in [0.15, 0.2) is 54.7 Å². The van der Waals surface area contributed by atoms with Gasteiger partial charge in [0.1, 0.15) is 5.82 Å². The van der Waals surface area contributed by atoms with Gasteiger partial charge in [-0.1, -0.05) is 35.9 Å². The number of nitrogens with one attached hydrogen (secondary N) is 1. The maximum absolute atomic E-state index is 12.3. The number of hydrogen-bond acceptors (Lipinski definition) is 4. The van der Waals surface area contributed by atoms with Gasteiger partial charge in [0.25, 0.3) is 0 Å². The minimum atomic E-state index is -0.385. The van der Waals surface area contributed by atoms with E-state index < -0.39 is 0 Å². The Morgan fingerprint density at radius 2 is 1.93 bits per heavy atom. The molecule has 1 atom stereocenters. The molecule has 7 heteroatoms. The van der Waals surface area contributed by atoms with Crippen LogP contribution >= 0.6 is 11.6 Å². The van der Waals surface area contributed by atoms with Crippen LogP contribution in [0.3, 0.4) is 0 Å². The van der Waals surface area contributed by atoms with E-state index in [2.05, 4.69) is 10.4 Å². The fourth-order valence-corrected chi connectivity index (χ4v) is 3.55. The molecular formula is C21H18ClN3O3. The minimum absolute atomic E-state index is 0.0626. The van der Waals surface area contributed by atoms with Crippen LogP contribution in [0.1, 0.15) is 39.4 Å². The van der Waals surface area contributed by atoms with Crippen LogP contribution in [0.2, 0.25) is 5.02 Å². The lowest BCUT2D eigenvalue weighted by Gasteiger charge is -2.24. The maximum Gasteiger partial charge on any atom is 0.337 e. The van der Waals surface area contributed by atoms with Crippen molar-refractivity contribution < 1.29 is 14.3 Å². The minimum Gasteiger partial charge on any atom is -0.465 e. The van der Waals surface area contributed by atoms with Gasteiger partial charge in [-0.25, -0.2) is 9.48 Å². The number of halogens is 1. The lowest BCUT2D eigenvalue weighted by molar-refractivity contribution is -0.116. The van der Waals surface area contributed by atoms with E-state index in [1.54, 1.807) is 23.0 Å². The van der Waals surface area contributed by atoms with Crippen molar-refractivity contribution in [3.05, 3.63) is 82.0 Å². The molecule has 0 fully saturated rings. The number of rotatable bonds is 4. The van der Waals surface area contributed by atoms with Gasteiger partial charge >= 0.3 is 5.97 Å². The number of methoxy groups -OCH3 is 1. The normalized spacial score (nSPS) is 15.6. The summed E-state index contributed by atoms with van der Waals surface area (Å²) in [5.41, 5.74) is 3.42. The number of carbonyl (C=O) groups is 2. The quantitative estimate of drug-likeness (QED) is 0.681. The number of aromatic nitrogens is 2. The van der Waals surface area contributed by atoms with Crippen LogP contribution < -0.4 is 5.32 Å². The standard InChI is InChI=1S/C21H18ClN3O3/c1-28-21(27)15-6-4-14(5-7-15)17-10-19(26)24-20-18(17)11-23-25(20)12-13-2-8-16(22)9-3-13/h2-9,11,17H,10,12H2,1H3,(H,24,26)/t17-/m1/s1. The van der Waals surface area contributed by atoms with Gasteiger partial charge in [-0.2, -0.15) is 5.10 Å². The van der Waals surface area contributed by atoms with E-state index in [-0.39, 0.29) is 17.8 Å². The van der Waals surface area contributed by atoms with Crippen LogP contribution in [0.25, 0.3) is 0 Å². The summed E-state index contributed by atoms with van der Waals surface area (Å²) in [7, 11) is 1.35. The Bertz CT molecular complexity index is 1030. The molecule has 0 radical (unpaired) electrons. The first-order chi connectivity index (χ1) is 13.5. The lowest BCUT2D eigenvalue weighted by Crippen LogP contribution is -2.25. The summed E-state index contributed by atoms with van der Waals surface area (Å²) in [5, 5.41) is 8.10. The van der Waals surface area contributed by atoms with E-state index >= 15 is 0 Å². The third-order valence-electron chi connectivity index (χ3n) is 4.87. The van der Waals surface area contributed by atoms with Gasteiger partial charge < -0.3 is 10.1 Å². The molecule has 1 N–H and O–H groups in total. The highest BCUT2D eigenvalue weighted by Crippen LogP contribution is 2.37. The molecule has 0 bridgehead atoms. The van der Waals surface area contributed by atoms with Crippen molar-refractivity contribution in [2.24, 2.45) is 0 Å². The largest absolute Gasteiger partial charge is 0.465 e. The van der Waals surface area contributed by atoms with Crippen LogP contribution in [0.4, 0.5) is 5.82 Å². The zero-order valence-electron chi connectivity index (χ0n) is 15.2. The predicted octanol–water partition coefficient (Wildman–Crippen LogP) is 3.85. The number of carbonyl (C=O) groups excluding carboxylic acids is 2. The molecule has 0 spiro atoms. The molecule has 0 aliphatic carbocycles. The molecule has 1 aromatic heterocycles. The Morgan fingerprint density at radius 3 is 2.61 bits per heavy atom. The Hall–Kier alpha value is -3.12. The van der Waals surface area contributed by atoms with E-state index in [1.807, 2.05) is 36.4 Å². The highest BCUT2D eigenvalue weighted by atomic mass is 35.5. The van der Waals surface area contributed by atoms with Gasteiger partial charge in [-0.3, -0.25) is 4.79 Å². The molecule has 0 saturated carbocycles. The Balaban J connectivity index is 1.64. The van der Waals surface area contributed by atoms with E-state index in [0.29, 0.717) is 29.4 Å². The van der Waals surface area contributed by atoms with Crippen molar-refractivity contribution in [2.45, 2.75) is 18.9 Å². The van der Waals surface area contributed by atoms with Crippen LogP contribution in [0, 0.1) is 0 Å². The fraction of sp³-hybridized carbons (Fsp3) is 0.190. The highest BCUT2D eigenvalue weighted by Gasteiger charge is 2.30. The number of fused-ring (bicyclic) bond motifs is 1. The van der Waals surface area contributed by atoms with Crippen molar-refractivity contribution >= 4 is 29.3 Å². The third kappa shape index (κ3) is 3.51. The molecule has 1 aliphatic heterocycles. The van der Waals surface area contributed by atoms with Gasteiger partial charge in [-0.15, -0.1) is 0 Å². The lowest BCUT2D eigenvalue weighted by atomic mass is 9.87. The van der Waals surface area contributed by atoms with Crippen molar-refractivity contribution in [1.29, 1.82) is 0 Å². The molecule has 2 aromatic carbocycles. The second-order valence-electron chi connectivity index (χ2n) is 6.65. The monoisotopic (exact) mass is 395 g/mol. The number of esters is 1. The Labute approximate surface area is 167 Å². The summed E-state index contributed by atoms with van der Waals surface area (Å²) in [5.74, 6) is 0.138. The van der Waals surface area contributed by atoms with Crippen molar-refractivity contribution in [1.82, 2.24) is 9.78 Å². The molecule has 4 rings (SSSR count). The van der Waals surface area contributed by atoms with Gasteiger partial charge in [-0.05, 0) is 35.4 Å².